The molecular formula is C11H25N3O. The first kappa shape index (κ1) is 14.4. The van der Waals surface area contributed by atoms with Crippen molar-refractivity contribution >= 4 is 5.91 Å². The second-order valence-electron chi connectivity index (χ2n) is 4.13. The quantitative estimate of drug-likeness (QED) is 0.605. The van der Waals surface area contributed by atoms with Crippen LogP contribution in [0.15, 0.2) is 0 Å². The lowest BCUT2D eigenvalue weighted by atomic mass is 9.99. The second kappa shape index (κ2) is 7.65. The summed E-state index contributed by atoms with van der Waals surface area (Å²) in [6.45, 7) is 5.77. The fourth-order valence-electron chi connectivity index (χ4n) is 1.36. The van der Waals surface area contributed by atoms with Gasteiger partial charge in [-0.3, -0.25) is 4.79 Å². The van der Waals surface area contributed by atoms with E-state index in [9.17, 15) is 4.79 Å². The number of carbonyl (C=O) groups excluding carboxylic acids is 1. The van der Waals surface area contributed by atoms with Crippen LogP contribution in [-0.2, 0) is 4.79 Å². The normalized spacial score (nSPS) is 14.7. The average molecular weight is 215 g/mol. The molecule has 0 aliphatic heterocycles. The molecular weight excluding hydrogens is 190 g/mol. The van der Waals surface area contributed by atoms with Crippen LogP contribution in [0.4, 0.5) is 0 Å². The summed E-state index contributed by atoms with van der Waals surface area (Å²) >= 11 is 0. The van der Waals surface area contributed by atoms with E-state index in [1.807, 2.05) is 21.0 Å². The Bertz CT molecular complexity index is 185. The largest absolute Gasteiger partial charge is 0.344 e. The molecule has 0 rings (SSSR count). The van der Waals surface area contributed by atoms with E-state index in [0.717, 1.165) is 25.9 Å². The fraction of sp³-hybridized carbons (Fsp3) is 0.909. The third-order valence-electron chi connectivity index (χ3n) is 2.84. The van der Waals surface area contributed by atoms with Gasteiger partial charge in [-0.05, 0) is 25.9 Å². The molecule has 0 radical (unpaired) electrons. The van der Waals surface area contributed by atoms with Crippen LogP contribution in [0.1, 0.15) is 26.7 Å². The van der Waals surface area contributed by atoms with E-state index < -0.39 is 0 Å². The summed E-state index contributed by atoms with van der Waals surface area (Å²) in [5.74, 6) is 0.310. The van der Waals surface area contributed by atoms with Gasteiger partial charge in [0.1, 0.15) is 0 Å². The number of carbonyl (C=O) groups is 1. The fourth-order valence-corrected chi connectivity index (χ4v) is 1.36. The summed E-state index contributed by atoms with van der Waals surface area (Å²) in [6.07, 6.45) is 1.91. The molecule has 90 valence electrons. The highest BCUT2D eigenvalue weighted by molar-refractivity contribution is 5.81. The number of hydrogen-bond donors (Lipinski definition) is 2. The van der Waals surface area contributed by atoms with E-state index in [4.69, 9.17) is 5.73 Å². The van der Waals surface area contributed by atoms with Crippen molar-refractivity contribution in [2.75, 3.05) is 27.2 Å². The molecule has 0 spiro atoms. The lowest BCUT2D eigenvalue weighted by molar-refractivity contribution is -0.132. The van der Waals surface area contributed by atoms with Gasteiger partial charge in [-0.25, -0.2) is 0 Å². The van der Waals surface area contributed by atoms with Crippen LogP contribution in [0.2, 0.25) is 0 Å². The monoisotopic (exact) mass is 215 g/mol. The van der Waals surface area contributed by atoms with Gasteiger partial charge in [0.15, 0.2) is 0 Å². The maximum absolute atomic E-state index is 11.8. The maximum Gasteiger partial charge on any atom is 0.239 e. The Labute approximate surface area is 93.2 Å². The van der Waals surface area contributed by atoms with Gasteiger partial charge in [0.05, 0.1) is 6.04 Å². The van der Waals surface area contributed by atoms with Crippen LogP contribution in [0, 0.1) is 5.92 Å². The average Bonchev–Trinajstić information content (AvgIpc) is 2.26. The summed E-state index contributed by atoms with van der Waals surface area (Å²) in [4.78, 5) is 13.5. The van der Waals surface area contributed by atoms with E-state index in [1.54, 1.807) is 4.90 Å². The van der Waals surface area contributed by atoms with Gasteiger partial charge >= 0.3 is 0 Å². The van der Waals surface area contributed by atoms with Crippen LogP contribution >= 0.6 is 0 Å². The van der Waals surface area contributed by atoms with Crippen molar-refractivity contribution in [1.29, 1.82) is 0 Å². The molecule has 2 atom stereocenters. The zero-order valence-corrected chi connectivity index (χ0v) is 10.4. The Morgan fingerprint density at radius 2 is 2.13 bits per heavy atom. The number of hydrogen-bond acceptors (Lipinski definition) is 3. The molecule has 0 bridgehead atoms. The first-order valence-corrected chi connectivity index (χ1v) is 5.69. The molecule has 4 nitrogen and oxygen atoms in total. The van der Waals surface area contributed by atoms with E-state index in [-0.39, 0.29) is 17.9 Å². The van der Waals surface area contributed by atoms with Crippen molar-refractivity contribution in [3.8, 4) is 0 Å². The van der Waals surface area contributed by atoms with Crippen molar-refractivity contribution in [1.82, 2.24) is 10.2 Å². The van der Waals surface area contributed by atoms with Crippen molar-refractivity contribution in [2.45, 2.75) is 32.7 Å². The molecule has 0 saturated carbocycles. The minimum atomic E-state index is -0.352. The number of likely N-dealkylation sites (N-methyl/N-ethyl adjacent to an activating group) is 1. The molecule has 0 saturated heterocycles. The van der Waals surface area contributed by atoms with Gasteiger partial charge in [0.25, 0.3) is 0 Å². The highest BCUT2D eigenvalue weighted by Gasteiger charge is 2.22. The van der Waals surface area contributed by atoms with E-state index in [1.165, 1.54) is 0 Å². The standard InChI is InChI=1S/C11H25N3O/c1-5-9(2)10(12)11(15)14(4)8-6-7-13-3/h9-10,13H,5-8,12H2,1-4H3. The molecule has 3 N–H and O–H groups in total. The SMILES string of the molecule is CCC(C)C(N)C(=O)N(C)CCCNC. The molecule has 4 heteroatoms. The maximum atomic E-state index is 11.8. The number of nitrogens with one attached hydrogen (secondary N) is 1. The lowest BCUT2D eigenvalue weighted by Crippen LogP contribution is -2.46. The predicted molar refractivity (Wildman–Crippen MR) is 63.6 cm³/mol. The second-order valence-corrected chi connectivity index (χ2v) is 4.13. The Hall–Kier alpha value is -0.610. The van der Waals surface area contributed by atoms with Crippen molar-refractivity contribution < 1.29 is 4.79 Å². The first-order valence-electron chi connectivity index (χ1n) is 5.69. The summed E-state index contributed by atoms with van der Waals surface area (Å²) in [5, 5.41) is 3.06. The zero-order valence-electron chi connectivity index (χ0n) is 10.4. The van der Waals surface area contributed by atoms with Crippen molar-refractivity contribution in [3.63, 3.8) is 0 Å². The van der Waals surface area contributed by atoms with Gasteiger partial charge in [-0.15, -0.1) is 0 Å². The molecule has 0 aromatic heterocycles. The van der Waals surface area contributed by atoms with Gasteiger partial charge < -0.3 is 16.0 Å². The number of rotatable bonds is 7. The van der Waals surface area contributed by atoms with E-state index >= 15 is 0 Å². The minimum absolute atomic E-state index is 0.0560. The molecule has 0 aliphatic carbocycles. The van der Waals surface area contributed by atoms with E-state index in [0.29, 0.717) is 0 Å². The molecule has 0 aliphatic rings. The number of nitrogens with two attached hydrogens (primary N) is 1. The molecule has 0 fully saturated rings. The van der Waals surface area contributed by atoms with Gasteiger partial charge in [0.2, 0.25) is 5.91 Å². The molecule has 15 heavy (non-hydrogen) atoms. The molecule has 0 aromatic carbocycles. The smallest absolute Gasteiger partial charge is 0.239 e. The molecule has 2 unspecified atom stereocenters. The highest BCUT2D eigenvalue weighted by Crippen LogP contribution is 2.07. The van der Waals surface area contributed by atoms with Crippen molar-refractivity contribution in [3.05, 3.63) is 0 Å². The third-order valence-corrected chi connectivity index (χ3v) is 2.84. The minimum Gasteiger partial charge on any atom is -0.344 e. The Kier molecular flexibility index (Phi) is 7.34. The molecule has 0 aromatic rings. The Morgan fingerprint density at radius 3 is 2.60 bits per heavy atom. The zero-order chi connectivity index (χ0) is 11.8. The Morgan fingerprint density at radius 1 is 1.53 bits per heavy atom. The number of nitrogens with zero attached hydrogens (tertiary/aromatic N) is 1. The van der Waals surface area contributed by atoms with Crippen LogP contribution in [0.25, 0.3) is 0 Å². The predicted octanol–water partition coefficient (Wildman–Crippen LogP) is 0.428. The topological polar surface area (TPSA) is 58.4 Å². The van der Waals surface area contributed by atoms with E-state index in [2.05, 4.69) is 12.2 Å². The van der Waals surface area contributed by atoms with Crippen LogP contribution in [-0.4, -0.2) is 44.0 Å². The van der Waals surface area contributed by atoms with Crippen molar-refractivity contribution in [2.24, 2.45) is 11.7 Å². The highest BCUT2D eigenvalue weighted by atomic mass is 16.2. The lowest BCUT2D eigenvalue weighted by Gasteiger charge is -2.24. The van der Waals surface area contributed by atoms with Crippen LogP contribution in [0.3, 0.4) is 0 Å². The summed E-state index contributed by atoms with van der Waals surface area (Å²) < 4.78 is 0. The molecule has 0 heterocycles. The first-order chi connectivity index (χ1) is 7.04. The van der Waals surface area contributed by atoms with Crippen LogP contribution < -0.4 is 11.1 Å². The summed E-state index contributed by atoms with van der Waals surface area (Å²) in [7, 11) is 3.73. The third kappa shape index (κ3) is 5.14. The summed E-state index contributed by atoms with van der Waals surface area (Å²) in [5.41, 5.74) is 5.87. The van der Waals surface area contributed by atoms with Gasteiger partial charge in [-0.1, -0.05) is 20.3 Å². The van der Waals surface area contributed by atoms with Gasteiger partial charge in [-0.2, -0.15) is 0 Å². The Balaban J connectivity index is 3.96. The number of amides is 1. The van der Waals surface area contributed by atoms with Crippen LogP contribution in [0.5, 0.6) is 0 Å². The van der Waals surface area contributed by atoms with Gasteiger partial charge in [0, 0.05) is 13.6 Å². The summed E-state index contributed by atoms with van der Waals surface area (Å²) in [6, 6.07) is -0.352. The molecule has 1 amide bonds.